The van der Waals surface area contributed by atoms with Gasteiger partial charge in [-0.3, -0.25) is 0 Å². The van der Waals surface area contributed by atoms with E-state index in [1.54, 1.807) is 6.26 Å². The molecule has 0 amide bonds. The van der Waals surface area contributed by atoms with E-state index in [1.165, 1.54) is 16.5 Å². The van der Waals surface area contributed by atoms with Crippen molar-refractivity contribution in [3.05, 3.63) is 78.1 Å². The van der Waals surface area contributed by atoms with Crippen LogP contribution < -0.4 is 0 Å². The van der Waals surface area contributed by atoms with E-state index in [9.17, 15) is 0 Å². The number of nitrogens with zero attached hydrogens (tertiary/aromatic N) is 1. The van der Waals surface area contributed by atoms with Crippen LogP contribution in [0, 0.1) is 0 Å². The molecule has 0 aliphatic rings. The smallest absolute Gasteiger partial charge is 0.138 e. The van der Waals surface area contributed by atoms with Crippen molar-refractivity contribution in [3.8, 4) is 0 Å². The average Bonchev–Trinajstić information content (AvgIpc) is 3.02. The zero-order valence-electron chi connectivity index (χ0n) is 13.3. The molecule has 2 aromatic carbocycles. The summed E-state index contributed by atoms with van der Waals surface area (Å²) in [4.78, 5) is 2.33. The van der Waals surface area contributed by atoms with E-state index in [1.807, 2.05) is 12.1 Å². The molecule has 0 saturated heterocycles. The Morgan fingerprint density at radius 1 is 1.00 bits per heavy atom. The van der Waals surface area contributed by atoms with Crippen molar-refractivity contribution >= 4 is 29.5 Å². The number of furan rings is 1. The molecule has 23 heavy (non-hydrogen) atoms. The predicted octanol–water partition coefficient (Wildman–Crippen LogP) is 5.39. The van der Waals surface area contributed by atoms with Crippen LogP contribution in [-0.4, -0.2) is 18.5 Å². The molecule has 120 valence electrons. The van der Waals surface area contributed by atoms with Crippen molar-refractivity contribution in [1.82, 2.24) is 4.90 Å². The SMILES string of the molecule is CN(CC/C=C/c1ccccc1)Cc1cccc2ccoc12.Cl. The lowest BCUT2D eigenvalue weighted by atomic mass is 10.1. The first-order valence-corrected chi connectivity index (χ1v) is 7.68. The van der Waals surface area contributed by atoms with Gasteiger partial charge in [0.1, 0.15) is 5.58 Å². The summed E-state index contributed by atoms with van der Waals surface area (Å²) in [7, 11) is 2.15. The lowest BCUT2D eigenvalue weighted by Gasteiger charge is -2.15. The molecule has 3 heteroatoms. The van der Waals surface area contributed by atoms with Crippen LogP contribution in [0.1, 0.15) is 17.5 Å². The van der Waals surface area contributed by atoms with Crippen LogP contribution in [0.4, 0.5) is 0 Å². The summed E-state index contributed by atoms with van der Waals surface area (Å²) in [6, 6.07) is 18.8. The maximum atomic E-state index is 5.59. The number of para-hydroxylation sites is 1. The maximum Gasteiger partial charge on any atom is 0.138 e. The Balaban J connectivity index is 0.00000192. The van der Waals surface area contributed by atoms with Gasteiger partial charge in [-0.2, -0.15) is 0 Å². The Bertz CT molecular complexity index is 748. The Labute approximate surface area is 143 Å². The lowest BCUT2D eigenvalue weighted by Crippen LogP contribution is -2.18. The van der Waals surface area contributed by atoms with Crippen LogP contribution in [-0.2, 0) is 6.54 Å². The third kappa shape index (κ3) is 4.72. The average molecular weight is 328 g/mol. The number of hydrogen-bond donors (Lipinski definition) is 0. The monoisotopic (exact) mass is 327 g/mol. The zero-order valence-corrected chi connectivity index (χ0v) is 14.1. The van der Waals surface area contributed by atoms with Gasteiger partial charge in [0, 0.05) is 24.0 Å². The molecule has 1 heterocycles. The van der Waals surface area contributed by atoms with Gasteiger partial charge in [-0.1, -0.05) is 60.7 Å². The maximum absolute atomic E-state index is 5.59. The van der Waals surface area contributed by atoms with E-state index in [0.29, 0.717) is 0 Å². The fourth-order valence-electron chi connectivity index (χ4n) is 2.63. The Morgan fingerprint density at radius 3 is 2.65 bits per heavy atom. The Kier molecular flexibility index (Phi) is 6.45. The molecule has 0 radical (unpaired) electrons. The van der Waals surface area contributed by atoms with Crippen molar-refractivity contribution in [2.75, 3.05) is 13.6 Å². The molecule has 0 aliphatic carbocycles. The van der Waals surface area contributed by atoms with Crippen LogP contribution in [0.3, 0.4) is 0 Å². The van der Waals surface area contributed by atoms with Gasteiger partial charge < -0.3 is 9.32 Å². The van der Waals surface area contributed by atoms with Gasteiger partial charge in [-0.25, -0.2) is 0 Å². The van der Waals surface area contributed by atoms with Crippen molar-refractivity contribution in [1.29, 1.82) is 0 Å². The summed E-state index contributed by atoms with van der Waals surface area (Å²) < 4.78 is 5.59. The highest BCUT2D eigenvalue weighted by Gasteiger charge is 2.06. The van der Waals surface area contributed by atoms with Gasteiger partial charge in [0.25, 0.3) is 0 Å². The second kappa shape index (κ2) is 8.56. The van der Waals surface area contributed by atoms with Crippen LogP contribution >= 0.6 is 12.4 Å². The molecule has 2 nitrogen and oxygen atoms in total. The number of hydrogen-bond acceptors (Lipinski definition) is 2. The fourth-order valence-corrected chi connectivity index (χ4v) is 2.63. The fraction of sp³-hybridized carbons (Fsp3) is 0.200. The molecule has 0 unspecified atom stereocenters. The van der Waals surface area contributed by atoms with E-state index in [4.69, 9.17) is 4.42 Å². The molecular formula is C20H22ClNO. The first-order chi connectivity index (χ1) is 10.8. The molecule has 0 aliphatic heterocycles. The van der Waals surface area contributed by atoms with Crippen LogP contribution in [0.25, 0.3) is 17.0 Å². The summed E-state index contributed by atoms with van der Waals surface area (Å²) in [5.74, 6) is 0. The lowest BCUT2D eigenvalue weighted by molar-refractivity contribution is 0.333. The van der Waals surface area contributed by atoms with Crippen LogP contribution in [0.15, 0.2) is 71.4 Å². The summed E-state index contributed by atoms with van der Waals surface area (Å²) in [6.45, 7) is 1.93. The van der Waals surface area contributed by atoms with Crippen LogP contribution in [0.2, 0.25) is 0 Å². The molecule has 0 bridgehead atoms. The molecule has 3 aromatic rings. The minimum Gasteiger partial charge on any atom is -0.464 e. The summed E-state index contributed by atoms with van der Waals surface area (Å²) >= 11 is 0. The van der Waals surface area contributed by atoms with Crippen molar-refractivity contribution in [2.24, 2.45) is 0 Å². The second-order valence-corrected chi connectivity index (χ2v) is 5.60. The summed E-state index contributed by atoms with van der Waals surface area (Å²) in [6.07, 6.45) is 7.22. The van der Waals surface area contributed by atoms with E-state index < -0.39 is 0 Å². The van der Waals surface area contributed by atoms with Crippen molar-refractivity contribution < 1.29 is 4.42 Å². The quantitative estimate of drug-likeness (QED) is 0.603. The molecule has 0 saturated carbocycles. The normalized spacial score (nSPS) is 11.2. The predicted molar refractivity (Wildman–Crippen MR) is 99.9 cm³/mol. The topological polar surface area (TPSA) is 16.4 Å². The zero-order chi connectivity index (χ0) is 15.2. The third-order valence-corrected chi connectivity index (χ3v) is 3.79. The van der Waals surface area contributed by atoms with Gasteiger partial charge in [-0.15, -0.1) is 12.4 Å². The van der Waals surface area contributed by atoms with E-state index in [2.05, 4.69) is 66.6 Å². The minimum absolute atomic E-state index is 0. The summed E-state index contributed by atoms with van der Waals surface area (Å²) in [5.41, 5.74) is 3.51. The van der Waals surface area contributed by atoms with Crippen molar-refractivity contribution in [3.63, 3.8) is 0 Å². The van der Waals surface area contributed by atoms with Gasteiger partial charge in [0.05, 0.1) is 6.26 Å². The van der Waals surface area contributed by atoms with E-state index in [0.717, 1.165) is 25.1 Å². The van der Waals surface area contributed by atoms with Gasteiger partial charge >= 0.3 is 0 Å². The highest BCUT2D eigenvalue weighted by molar-refractivity contribution is 5.85. The molecular weight excluding hydrogens is 306 g/mol. The number of benzene rings is 2. The molecule has 0 N–H and O–H groups in total. The largest absolute Gasteiger partial charge is 0.464 e. The third-order valence-electron chi connectivity index (χ3n) is 3.79. The van der Waals surface area contributed by atoms with Gasteiger partial charge in [0.15, 0.2) is 0 Å². The second-order valence-electron chi connectivity index (χ2n) is 5.60. The highest BCUT2D eigenvalue weighted by atomic mass is 35.5. The highest BCUT2D eigenvalue weighted by Crippen LogP contribution is 2.20. The number of halogens is 1. The molecule has 3 rings (SSSR count). The number of rotatable bonds is 6. The molecule has 1 aromatic heterocycles. The van der Waals surface area contributed by atoms with Gasteiger partial charge in [0.2, 0.25) is 0 Å². The van der Waals surface area contributed by atoms with Crippen LogP contribution in [0.5, 0.6) is 0 Å². The standard InChI is InChI=1S/C20H21NO.ClH/c1-21(14-6-5-10-17-8-3-2-4-9-17)16-19-12-7-11-18-13-15-22-20(18)19;/h2-5,7-13,15H,6,14,16H2,1H3;1H/b10-5+;. The Hall–Kier alpha value is -2.03. The molecule has 0 fully saturated rings. The minimum atomic E-state index is 0. The van der Waals surface area contributed by atoms with E-state index >= 15 is 0 Å². The first-order valence-electron chi connectivity index (χ1n) is 7.68. The van der Waals surface area contributed by atoms with Crippen molar-refractivity contribution in [2.45, 2.75) is 13.0 Å². The molecule has 0 spiro atoms. The molecule has 0 atom stereocenters. The Morgan fingerprint density at radius 2 is 1.83 bits per heavy atom. The van der Waals surface area contributed by atoms with Gasteiger partial charge in [-0.05, 0) is 25.1 Å². The first kappa shape index (κ1) is 17.3. The number of fused-ring (bicyclic) bond motifs is 1. The van der Waals surface area contributed by atoms with E-state index in [-0.39, 0.29) is 12.4 Å². The summed E-state index contributed by atoms with van der Waals surface area (Å²) in [5, 5.41) is 1.18.